The summed E-state index contributed by atoms with van der Waals surface area (Å²) in [6.07, 6.45) is -0.110. The molecule has 6 nitrogen and oxygen atoms in total. The van der Waals surface area contributed by atoms with Crippen molar-refractivity contribution in [3.05, 3.63) is 23.8 Å². The van der Waals surface area contributed by atoms with Crippen LogP contribution < -0.4 is 9.47 Å². The molecule has 0 aliphatic carbocycles. The van der Waals surface area contributed by atoms with Gasteiger partial charge in [-0.3, -0.25) is 9.59 Å². The maximum Gasteiger partial charge on any atom is 0.305 e. The van der Waals surface area contributed by atoms with Gasteiger partial charge >= 0.3 is 5.97 Å². The number of ether oxygens (including phenoxy) is 2. The quantitative estimate of drug-likeness (QED) is 0.833. The molecule has 0 saturated heterocycles. The first-order valence-electron chi connectivity index (χ1n) is 6.66. The highest BCUT2D eigenvalue weighted by Crippen LogP contribution is 2.30. The topological polar surface area (TPSA) is 76.1 Å². The van der Waals surface area contributed by atoms with Gasteiger partial charge in [-0.1, -0.05) is 6.07 Å². The molecule has 1 rings (SSSR count). The minimum absolute atomic E-state index is 0.110. The molecule has 21 heavy (non-hydrogen) atoms. The van der Waals surface area contributed by atoms with Crippen molar-refractivity contribution >= 4 is 11.9 Å². The summed E-state index contributed by atoms with van der Waals surface area (Å²) in [7, 11) is 2.95. The summed E-state index contributed by atoms with van der Waals surface area (Å²) in [5.74, 6) is -0.443. The summed E-state index contributed by atoms with van der Waals surface area (Å²) < 4.78 is 10.4. The molecule has 1 N–H and O–H groups in total. The van der Waals surface area contributed by atoms with Crippen molar-refractivity contribution in [3.8, 4) is 11.5 Å². The molecule has 1 aromatic rings. The number of carbonyl (C=O) groups excluding carboxylic acids is 1. The van der Waals surface area contributed by atoms with Crippen LogP contribution in [0.15, 0.2) is 18.2 Å². The van der Waals surface area contributed by atoms with E-state index in [1.807, 2.05) is 13.8 Å². The third-order valence-corrected chi connectivity index (χ3v) is 3.09. The lowest BCUT2D eigenvalue weighted by Gasteiger charge is -2.27. The maximum absolute atomic E-state index is 12.7. The molecule has 0 unspecified atom stereocenters. The summed E-state index contributed by atoms with van der Waals surface area (Å²) in [4.78, 5) is 25.0. The standard InChI is InChI=1S/C15H21NO5/c1-10(2)16(9-8-13(17)18)15(19)14-11(20-3)6-5-7-12(14)21-4/h5-7,10H,8-9H2,1-4H3,(H,17,18). The van der Waals surface area contributed by atoms with Crippen LogP contribution in [-0.4, -0.2) is 48.7 Å². The van der Waals surface area contributed by atoms with Gasteiger partial charge in [0.2, 0.25) is 0 Å². The maximum atomic E-state index is 12.7. The molecule has 0 aliphatic rings. The van der Waals surface area contributed by atoms with Gasteiger partial charge in [0, 0.05) is 12.6 Å². The molecule has 0 aliphatic heterocycles. The lowest BCUT2D eigenvalue weighted by Crippen LogP contribution is -2.38. The Morgan fingerprint density at radius 1 is 1.19 bits per heavy atom. The molecule has 0 bridgehead atoms. The first-order valence-corrected chi connectivity index (χ1v) is 6.66. The van der Waals surface area contributed by atoms with E-state index in [0.29, 0.717) is 17.1 Å². The Balaban J connectivity index is 3.16. The highest BCUT2D eigenvalue weighted by molar-refractivity contribution is 6.00. The molecular weight excluding hydrogens is 274 g/mol. The van der Waals surface area contributed by atoms with Crippen LogP contribution in [0, 0.1) is 0 Å². The van der Waals surface area contributed by atoms with Crippen LogP contribution in [0.5, 0.6) is 11.5 Å². The van der Waals surface area contributed by atoms with Gasteiger partial charge in [-0.15, -0.1) is 0 Å². The number of hydrogen-bond donors (Lipinski definition) is 1. The second-order valence-corrected chi connectivity index (χ2v) is 4.77. The Bertz CT molecular complexity index is 491. The zero-order chi connectivity index (χ0) is 16.0. The Morgan fingerprint density at radius 3 is 2.10 bits per heavy atom. The van der Waals surface area contributed by atoms with Crippen molar-refractivity contribution in [1.29, 1.82) is 0 Å². The SMILES string of the molecule is COc1cccc(OC)c1C(=O)N(CCC(=O)O)C(C)C. The third kappa shape index (κ3) is 4.11. The molecule has 0 radical (unpaired) electrons. The van der Waals surface area contributed by atoms with Crippen molar-refractivity contribution in [3.63, 3.8) is 0 Å². The predicted molar refractivity (Wildman–Crippen MR) is 78.0 cm³/mol. The molecule has 0 atom stereocenters. The van der Waals surface area contributed by atoms with Gasteiger partial charge in [-0.2, -0.15) is 0 Å². The van der Waals surface area contributed by atoms with Crippen molar-refractivity contribution < 1.29 is 24.2 Å². The first kappa shape index (κ1) is 16.8. The Hall–Kier alpha value is -2.24. The molecular formula is C15H21NO5. The van der Waals surface area contributed by atoms with Gasteiger partial charge in [0.25, 0.3) is 5.91 Å². The molecule has 116 valence electrons. The van der Waals surface area contributed by atoms with Gasteiger partial charge in [-0.25, -0.2) is 0 Å². The summed E-state index contributed by atoms with van der Waals surface area (Å²) in [6, 6.07) is 4.94. The number of hydrogen-bond acceptors (Lipinski definition) is 4. The van der Waals surface area contributed by atoms with E-state index in [2.05, 4.69) is 0 Å². The van der Waals surface area contributed by atoms with Crippen molar-refractivity contribution in [2.24, 2.45) is 0 Å². The number of aliphatic carboxylic acids is 1. The van der Waals surface area contributed by atoms with Gasteiger partial charge in [-0.05, 0) is 26.0 Å². The van der Waals surface area contributed by atoms with Crippen LogP contribution in [-0.2, 0) is 4.79 Å². The highest BCUT2D eigenvalue weighted by atomic mass is 16.5. The fourth-order valence-electron chi connectivity index (χ4n) is 2.02. The van der Waals surface area contributed by atoms with Gasteiger partial charge in [0.1, 0.15) is 17.1 Å². The van der Waals surface area contributed by atoms with Crippen molar-refractivity contribution in [2.75, 3.05) is 20.8 Å². The fraction of sp³-hybridized carbons (Fsp3) is 0.467. The van der Waals surface area contributed by atoms with Crippen LogP contribution in [0.1, 0.15) is 30.6 Å². The highest BCUT2D eigenvalue weighted by Gasteiger charge is 2.25. The fourth-order valence-corrected chi connectivity index (χ4v) is 2.02. The number of carboxylic acid groups (broad SMARTS) is 1. The smallest absolute Gasteiger partial charge is 0.305 e. The van der Waals surface area contributed by atoms with Crippen LogP contribution in [0.4, 0.5) is 0 Å². The molecule has 1 amide bonds. The summed E-state index contributed by atoms with van der Waals surface area (Å²) >= 11 is 0. The number of nitrogens with zero attached hydrogens (tertiary/aromatic N) is 1. The van der Waals surface area contributed by atoms with Crippen LogP contribution in [0.25, 0.3) is 0 Å². The average molecular weight is 295 g/mol. The van der Waals surface area contributed by atoms with E-state index < -0.39 is 5.97 Å². The second-order valence-electron chi connectivity index (χ2n) is 4.77. The zero-order valence-corrected chi connectivity index (χ0v) is 12.8. The summed E-state index contributed by atoms with van der Waals surface area (Å²) in [5.41, 5.74) is 0.307. The normalized spacial score (nSPS) is 10.3. The number of amides is 1. The lowest BCUT2D eigenvalue weighted by atomic mass is 10.1. The Kier molecular flexibility index (Phi) is 6.02. The predicted octanol–water partition coefficient (Wildman–Crippen LogP) is 2.03. The summed E-state index contributed by atoms with van der Waals surface area (Å²) in [5, 5.41) is 8.81. The van der Waals surface area contributed by atoms with Crippen LogP contribution >= 0.6 is 0 Å². The third-order valence-electron chi connectivity index (χ3n) is 3.09. The first-order chi connectivity index (χ1) is 9.92. The van der Waals surface area contributed by atoms with E-state index >= 15 is 0 Å². The second kappa shape index (κ2) is 7.52. The Labute approximate surface area is 124 Å². The molecule has 0 heterocycles. The van der Waals surface area contributed by atoms with E-state index in [0.717, 1.165) is 0 Å². The monoisotopic (exact) mass is 295 g/mol. The number of benzene rings is 1. The van der Waals surface area contributed by atoms with Crippen LogP contribution in [0.3, 0.4) is 0 Å². The molecule has 0 spiro atoms. The average Bonchev–Trinajstić information content (AvgIpc) is 2.45. The molecule has 0 aromatic heterocycles. The Morgan fingerprint density at radius 2 is 1.71 bits per heavy atom. The largest absolute Gasteiger partial charge is 0.496 e. The van der Waals surface area contributed by atoms with E-state index in [-0.39, 0.29) is 24.9 Å². The molecule has 0 fully saturated rings. The van der Waals surface area contributed by atoms with Crippen molar-refractivity contribution in [1.82, 2.24) is 4.90 Å². The van der Waals surface area contributed by atoms with Gasteiger partial charge in [0.15, 0.2) is 0 Å². The van der Waals surface area contributed by atoms with Crippen LogP contribution in [0.2, 0.25) is 0 Å². The summed E-state index contributed by atoms with van der Waals surface area (Å²) in [6.45, 7) is 3.80. The van der Waals surface area contributed by atoms with E-state index in [9.17, 15) is 9.59 Å². The minimum atomic E-state index is -0.944. The molecule has 1 aromatic carbocycles. The van der Waals surface area contributed by atoms with E-state index in [4.69, 9.17) is 14.6 Å². The number of carbonyl (C=O) groups is 2. The lowest BCUT2D eigenvalue weighted by molar-refractivity contribution is -0.137. The number of methoxy groups -OCH3 is 2. The zero-order valence-electron chi connectivity index (χ0n) is 12.8. The number of rotatable bonds is 7. The van der Waals surface area contributed by atoms with E-state index in [1.165, 1.54) is 19.1 Å². The van der Waals surface area contributed by atoms with Gasteiger partial charge in [0.05, 0.1) is 20.6 Å². The van der Waals surface area contributed by atoms with E-state index in [1.54, 1.807) is 18.2 Å². The molecule has 0 saturated carbocycles. The minimum Gasteiger partial charge on any atom is -0.496 e. The number of carboxylic acids is 1. The van der Waals surface area contributed by atoms with Crippen molar-refractivity contribution in [2.45, 2.75) is 26.3 Å². The van der Waals surface area contributed by atoms with Gasteiger partial charge < -0.3 is 19.5 Å². The molecule has 6 heteroatoms.